The molecular weight excluding hydrogens is 556 g/mol. The second-order valence-electron chi connectivity index (χ2n) is 9.67. The van der Waals surface area contributed by atoms with Crippen LogP contribution in [0, 0.1) is 0 Å². The lowest BCUT2D eigenvalue weighted by molar-refractivity contribution is 0.0678. The molecule has 210 valence electrons. The van der Waals surface area contributed by atoms with E-state index in [1.807, 2.05) is 36.6 Å². The van der Waals surface area contributed by atoms with Gasteiger partial charge in [0, 0.05) is 15.6 Å². The van der Waals surface area contributed by atoms with Crippen molar-refractivity contribution in [1.82, 2.24) is 9.97 Å². The highest BCUT2D eigenvalue weighted by Crippen LogP contribution is 2.34. The summed E-state index contributed by atoms with van der Waals surface area (Å²) in [5.41, 5.74) is 1.25. The van der Waals surface area contributed by atoms with Crippen molar-refractivity contribution in [2.24, 2.45) is 0 Å². The lowest BCUT2D eigenvalue weighted by Gasteiger charge is -2.16. The number of nitrogens with one attached hydrogen (secondary N) is 2. The number of fused-ring (bicyclic) bond motifs is 2. The molecule has 0 unspecified atom stereocenters. The van der Waals surface area contributed by atoms with Crippen molar-refractivity contribution in [3.05, 3.63) is 109 Å². The smallest absolute Gasteiger partial charge is 0.349 e. The maximum Gasteiger partial charge on any atom is 0.349 e. The van der Waals surface area contributed by atoms with E-state index in [9.17, 15) is 24.3 Å². The Bertz CT molecular complexity index is 2150. The van der Waals surface area contributed by atoms with Crippen LogP contribution in [0.5, 0.6) is 5.75 Å². The number of aromatic nitrogens is 2. The molecule has 0 amide bonds. The van der Waals surface area contributed by atoms with Crippen molar-refractivity contribution in [1.29, 1.82) is 0 Å². The molecule has 4 aromatic heterocycles. The topological polar surface area (TPSA) is 142 Å². The first kappa shape index (κ1) is 27.0. The van der Waals surface area contributed by atoms with Crippen molar-refractivity contribution < 1.29 is 23.8 Å². The van der Waals surface area contributed by atoms with Crippen molar-refractivity contribution in [3.63, 3.8) is 0 Å². The average molecular weight is 581 g/mol. The molecule has 0 atom stereocenters. The molecule has 0 fully saturated rings. The number of aryl methyl sites for hydroxylation is 1. The average Bonchev–Trinajstić information content (AvgIpc) is 3.65. The van der Waals surface area contributed by atoms with Gasteiger partial charge in [-0.25, -0.2) is 9.59 Å². The Kier molecular flexibility index (Phi) is 6.83. The van der Waals surface area contributed by atoms with Gasteiger partial charge in [-0.05, 0) is 88.8 Å². The van der Waals surface area contributed by atoms with E-state index < -0.39 is 34.4 Å². The molecule has 2 aromatic carbocycles. The van der Waals surface area contributed by atoms with E-state index in [-0.39, 0.29) is 12.0 Å². The van der Waals surface area contributed by atoms with E-state index in [0.29, 0.717) is 40.1 Å². The number of hydrogen-bond donors (Lipinski definition) is 3. The highest BCUT2D eigenvalue weighted by atomic mass is 32.1. The molecule has 6 aromatic rings. The molecule has 0 saturated carbocycles. The molecule has 9 nitrogen and oxygen atoms in total. The Hall–Kier alpha value is -5.22. The number of benzene rings is 2. The number of H-pyrrole nitrogens is 2. The van der Waals surface area contributed by atoms with Crippen molar-refractivity contribution in [3.8, 4) is 28.3 Å². The van der Waals surface area contributed by atoms with E-state index in [0.717, 1.165) is 21.0 Å². The second-order valence-corrected chi connectivity index (χ2v) is 10.6. The summed E-state index contributed by atoms with van der Waals surface area (Å²) in [5, 5.41) is 13.7. The molecule has 3 N–H and O–H groups in total. The highest BCUT2D eigenvalue weighted by molar-refractivity contribution is 7.17. The molecule has 0 aliphatic carbocycles. The predicted molar refractivity (Wildman–Crippen MR) is 161 cm³/mol. The number of hydrogen-bond acceptors (Lipinski definition) is 7. The zero-order chi connectivity index (χ0) is 29.5. The molecular formula is C32H24N2O7S. The van der Waals surface area contributed by atoms with Gasteiger partial charge in [0.25, 0.3) is 11.1 Å². The van der Waals surface area contributed by atoms with E-state index >= 15 is 0 Å². The van der Waals surface area contributed by atoms with Crippen LogP contribution in [0.2, 0.25) is 0 Å². The number of aromatic amines is 2. The third-order valence-corrected chi connectivity index (χ3v) is 8.13. The summed E-state index contributed by atoms with van der Waals surface area (Å²) < 4.78 is 12.1. The van der Waals surface area contributed by atoms with Crippen LogP contribution in [0.15, 0.2) is 80.2 Å². The first-order valence-electron chi connectivity index (χ1n) is 13.2. The minimum absolute atomic E-state index is 0.221. The number of rotatable bonds is 7. The lowest BCUT2D eigenvalue weighted by Crippen LogP contribution is -2.27. The molecule has 10 heteroatoms. The summed E-state index contributed by atoms with van der Waals surface area (Å²) in [6.45, 7) is 3.64. The van der Waals surface area contributed by atoms with Gasteiger partial charge in [-0.2, -0.15) is 0 Å². The number of esters is 1. The van der Waals surface area contributed by atoms with Gasteiger partial charge in [0.15, 0.2) is 11.3 Å². The van der Waals surface area contributed by atoms with Gasteiger partial charge in [-0.15, -0.1) is 11.3 Å². The van der Waals surface area contributed by atoms with Crippen molar-refractivity contribution >= 4 is 44.3 Å². The molecule has 4 heterocycles. The number of furan rings is 1. The van der Waals surface area contributed by atoms with Crippen LogP contribution >= 0.6 is 11.3 Å². The Labute approximate surface area is 242 Å². The second kappa shape index (κ2) is 10.6. The first-order chi connectivity index (χ1) is 20.3. The fraction of sp³-hybridized carbons (Fsp3) is 0.125. The highest BCUT2D eigenvalue weighted by Gasteiger charge is 2.27. The van der Waals surface area contributed by atoms with Gasteiger partial charge in [-0.3, -0.25) is 9.59 Å². The number of aromatic carboxylic acids is 1. The minimum Gasteiger partial charge on any atom is -0.477 e. The van der Waals surface area contributed by atoms with Gasteiger partial charge in [0.05, 0.1) is 17.7 Å². The number of carboxylic acids is 1. The Morgan fingerprint density at radius 3 is 2.38 bits per heavy atom. The Morgan fingerprint density at radius 1 is 0.881 bits per heavy atom. The molecule has 0 aliphatic rings. The first-order valence-corrected chi connectivity index (χ1v) is 14.1. The molecule has 6 rings (SSSR count). The number of pyridine rings is 2. The van der Waals surface area contributed by atoms with Crippen LogP contribution in [-0.2, 0) is 12.8 Å². The number of carbonyl (C=O) groups is 2. The van der Waals surface area contributed by atoms with E-state index in [1.165, 1.54) is 12.3 Å². The molecule has 0 spiro atoms. The maximum absolute atomic E-state index is 13.5. The largest absolute Gasteiger partial charge is 0.477 e. The van der Waals surface area contributed by atoms with Crippen LogP contribution in [0.1, 0.15) is 45.7 Å². The summed E-state index contributed by atoms with van der Waals surface area (Å²) in [4.78, 5) is 57.3. The predicted octanol–water partition coefficient (Wildman–Crippen LogP) is 6.40. The number of carboxylic acid groups (broad SMARTS) is 1. The van der Waals surface area contributed by atoms with E-state index in [1.54, 1.807) is 42.5 Å². The van der Waals surface area contributed by atoms with E-state index in [2.05, 4.69) is 9.97 Å². The van der Waals surface area contributed by atoms with E-state index in [4.69, 9.17) is 9.15 Å². The SMILES string of the molecule is CCc1cc(C(=O)Oc2c(CC)c(-c3ccc4occc4c3)[nH]c(=O)c2C(=O)O)c(=O)[nH]c1-c1ccc2sccc2c1. The van der Waals surface area contributed by atoms with Crippen LogP contribution < -0.4 is 15.9 Å². The summed E-state index contributed by atoms with van der Waals surface area (Å²) in [6, 6.07) is 16.3. The third-order valence-electron chi connectivity index (χ3n) is 7.24. The summed E-state index contributed by atoms with van der Waals surface area (Å²) >= 11 is 1.62. The van der Waals surface area contributed by atoms with Crippen LogP contribution in [0.25, 0.3) is 43.6 Å². The fourth-order valence-electron chi connectivity index (χ4n) is 5.16. The van der Waals surface area contributed by atoms with Crippen molar-refractivity contribution in [2.75, 3.05) is 0 Å². The van der Waals surface area contributed by atoms with Crippen LogP contribution in [0.3, 0.4) is 0 Å². The minimum atomic E-state index is -1.56. The normalized spacial score (nSPS) is 11.3. The van der Waals surface area contributed by atoms with Gasteiger partial charge in [0.1, 0.15) is 11.1 Å². The quantitative estimate of drug-likeness (QED) is 0.185. The molecule has 0 bridgehead atoms. The van der Waals surface area contributed by atoms with Crippen molar-refractivity contribution in [2.45, 2.75) is 26.7 Å². The number of carbonyl (C=O) groups excluding carboxylic acids is 1. The lowest BCUT2D eigenvalue weighted by atomic mass is 9.99. The zero-order valence-corrected chi connectivity index (χ0v) is 23.4. The summed E-state index contributed by atoms with van der Waals surface area (Å²) in [6.07, 6.45) is 2.26. The fourth-order valence-corrected chi connectivity index (χ4v) is 5.93. The maximum atomic E-state index is 13.5. The molecule has 0 radical (unpaired) electrons. The Balaban J connectivity index is 1.45. The van der Waals surface area contributed by atoms with Gasteiger partial charge in [-0.1, -0.05) is 19.9 Å². The van der Waals surface area contributed by atoms with Gasteiger partial charge >= 0.3 is 11.9 Å². The van der Waals surface area contributed by atoms with Crippen LogP contribution in [0.4, 0.5) is 0 Å². The number of ether oxygens (including phenoxy) is 1. The summed E-state index contributed by atoms with van der Waals surface area (Å²) in [7, 11) is 0. The third kappa shape index (κ3) is 4.61. The zero-order valence-electron chi connectivity index (χ0n) is 22.6. The molecule has 42 heavy (non-hydrogen) atoms. The monoisotopic (exact) mass is 580 g/mol. The molecule has 0 saturated heterocycles. The molecule has 0 aliphatic heterocycles. The Morgan fingerprint density at radius 2 is 1.62 bits per heavy atom. The summed E-state index contributed by atoms with van der Waals surface area (Å²) in [5.74, 6) is -3.02. The van der Waals surface area contributed by atoms with Gasteiger partial charge in [0.2, 0.25) is 0 Å². The number of thiophene rings is 1. The standard InChI is InChI=1S/C32H24N2O7S/c1-3-16-15-22(29(35)33-26(16)19-6-8-24-18(14-19)10-12-42-24)32(39)41-28-21(4-2)27(34-30(36)25(28)31(37)38)20-5-7-23-17(13-20)9-11-40-23/h5-15H,3-4H2,1-2H3,(H,33,35)(H,34,36)(H,37,38). The van der Waals surface area contributed by atoms with Crippen LogP contribution in [-0.4, -0.2) is 27.0 Å². The van der Waals surface area contributed by atoms with Gasteiger partial charge < -0.3 is 24.2 Å².